The SMILES string of the molecule is CCC(C)NS(=O)(=O)c1cccc(C(=O)NCCN(C)C)c1. The minimum Gasteiger partial charge on any atom is -0.351 e. The van der Waals surface area contributed by atoms with Crippen LogP contribution in [0, 0.1) is 0 Å². The van der Waals surface area contributed by atoms with Crippen molar-refractivity contribution in [3.05, 3.63) is 29.8 Å². The fourth-order valence-electron chi connectivity index (χ4n) is 1.72. The summed E-state index contributed by atoms with van der Waals surface area (Å²) >= 11 is 0. The van der Waals surface area contributed by atoms with Crippen molar-refractivity contribution in [1.82, 2.24) is 14.9 Å². The van der Waals surface area contributed by atoms with Crippen molar-refractivity contribution in [1.29, 1.82) is 0 Å². The molecule has 1 amide bonds. The first-order valence-corrected chi connectivity index (χ1v) is 8.80. The van der Waals surface area contributed by atoms with E-state index in [2.05, 4.69) is 10.0 Å². The van der Waals surface area contributed by atoms with Gasteiger partial charge in [0.15, 0.2) is 0 Å². The zero-order valence-corrected chi connectivity index (χ0v) is 14.4. The molecule has 0 saturated heterocycles. The van der Waals surface area contributed by atoms with Gasteiger partial charge in [0, 0.05) is 24.7 Å². The van der Waals surface area contributed by atoms with Gasteiger partial charge in [0.25, 0.3) is 5.91 Å². The molecule has 124 valence electrons. The summed E-state index contributed by atoms with van der Waals surface area (Å²) in [7, 11) is 0.233. The Morgan fingerprint density at radius 3 is 2.59 bits per heavy atom. The lowest BCUT2D eigenvalue weighted by Gasteiger charge is -2.13. The molecular weight excluding hydrogens is 302 g/mol. The van der Waals surface area contributed by atoms with Crippen molar-refractivity contribution in [3.63, 3.8) is 0 Å². The van der Waals surface area contributed by atoms with Gasteiger partial charge in [-0.2, -0.15) is 0 Å². The fourth-order valence-corrected chi connectivity index (χ4v) is 3.09. The smallest absolute Gasteiger partial charge is 0.251 e. The molecular formula is C15H25N3O3S. The summed E-state index contributed by atoms with van der Waals surface area (Å²) in [5.41, 5.74) is 0.339. The molecule has 7 heteroatoms. The zero-order chi connectivity index (χ0) is 16.8. The Labute approximate surface area is 132 Å². The van der Waals surface area contributed by atoms with E-state index in [1.54, 1.807) is 19.1 Å². The van der Waals surface area contributed by atoms with Crippen molar-refractivity contribution >= 4 is 15.9 Å². The van der Waals surface area contributed by atoms with Crippen molar-refractivity contribution in [2.45, 2.75) is 31.2 Å². The second-order valence-electron chi connectivity index (χ2n) is 5.52. The van der Waals surface area contributed by atoms with Crippen molar-refractivity contribution < 1.29 is 13.2 Å². The second kappa shape index (κ2) is 8.26. The number of likely N-dealkylation sites (N-methyl/N-ethyl adjacent to an activating group) is 1. The van der Waals surface area contributed by atoms with Gasteiger partial charge in [-0.05, 0) is 45.6 Å². The predicted molar refractivity (Wildman–Crippen MR) is 87.4 cm³/mol. The summed E-state index contributed by atoms with van der Waals surface area (Å²) in [6.07, 6.45) is 0.698. The number of carbonyl (C=O) groups is 1. The third kappa shape index (κ3) is 5.75. The molecule has 0 fully saturated rings. The summed E-state index contributed by atoms with van der Waals surface area (Å²) in [4.78, 5) is 14.1. The molecule has 1 aromatic carbocycles. The van der Waals surface area contributed by atoms with Gasteiger partial charge < -0.3 is 10.2 Å². The first-order valence-electron chi connectivity index (χ1n) is 7.31. The van der Waals surface area contributed by atoms with E-state index in [1.807, 2.05) is 25.9 Å². The fraction of sp³-hybridized carbons (Fsp3) is 0.533. The maximum atomic E-state index is 12.2. The molecule has 0 bridgehead atoms. The molecule has 0 aliphatic carbocycles. The molecule has 1 rings (SSSR count). The van der Waals surface area contributed by atoms with Crippen LogP contribution in [0.2, 0.25) is 0 Å². The quantitative estimate of drug-likeness (QED) is 0.748. The van der Waals surface area contributed by atoms with E-state index in [-0.39, 0.29) is 16.8 Å². The van der Waals surface area contributed by atoms with Crippen LogP contribution in [0.3, 0.4) is 0 Å². The van der Waals surface area contributed by atoms with Crippen LogP contribution in [0.15, 0.2) is 29.2 Å². The van der Waals surface area contributed by atoms with Crippen LogP contribution >= 0.6 is 0 Å². The Bertz CT molecular complexity index is 600. The number of sulfonamides is 1. The number of hydrogen-bond acceptors (Lipinski definition) is 4. The lowest BCUT2D eigenvalue weighted by Crippen LogP contribution is -2.33. The largest absolute Gasteiger partial charge is 0.351 e. The number of nitrogens with zero attached hydrogens (tertiary/aromatic N) is 1. The first kappa shape index (κ1) is 18.6. The standard InChI is InChI=1S/C15H25N3O3S/c1-5-12(2)17-22(20,21)14-8-6-7-13(11-14)15(19)16-9-10-18(3)4/h6-8,11-12,17H,5,9-10H2,1-4H3,(H,16,19). The minimum absolute atomic E-state index is 0.105. The Kier molecular flexibility index (Phi) is 6.99. The Morgan fingerprint density at radius 1 is 1.32 bits per heavy atom. The van der Waals surface area contributed by atoms with E-state index in [0.29, 0.717) is 18.5 Å². The Morgan fingerprint density at radius 2 is 2.00 bits per heavy atom. The van der Waals surface area contributed by atoms with Gasteiger partial charge in [-0.25, -0.2) is 13.1 Å². The van der Waals surface area contributed by atoms with Crippen LogP contribution in [-0.4, -0.2) is 52.5 Å². The van der Waals surface area contributed by atoms with Gasteiger partial charge >= 0.3 is 0 Å². The summed E-state index contributed by atoms with van der Waals surface area (Å²) in [5.74, 6) is -0.276. The highest BCUT2D eigenvalue weighted by atomic mass is 32.2. The van der Waals surface area contributed by atoms with Gasteiger partial charge in [-0.15, -0.1) is 0 Å². The number of carbonyl (C=O) groups excluding carboxylic acids is 1. The molecule has 1 atom stereocenters. The van der Waals surface area contributed by atoms with E-state index in [0.717, 1.165) is 6.54 Å². The predicted octanol–water partition coefficient (Wildman–Crippen LogP) is 1.05. The summed E-state index contributed by atoms with van der Waals surface area (Å²) in [6, 6.07) is 5.92. The van der Waals surface area contributed by atoms with Gasteiger partial charge in [0.1, 0.15) is 0 Å². The lowest BCUT2D eigenvalue weighted by atomic mass is 10.2. The molecule has 0 radical (unpaired) electrons. The zero-order valence-electron chi connectivity index (χ0n) is 13.6. The number of nitrogens with one attached hydrogen (secondary N) is 2. The number of rotatable bonds is 8. The molecule has 0 aromatic heterocycles. The van der Waals surface area contributed by atoms with Gasteiger partial charge in [-0.3, -0.25) is 4.79 Å². The topological polar surface area (TPSA) is 78.5 Å². The van der Waals surface area contributed by atoms with E-state index in [9.17, 15) is 13.2 Å². The van der Waals surface area contributed by atoms with Crippen LogP contribution in [0.1, 0.15) is 30.6 Å². The average Bonchev–Trinajstić information content (AvgIpc) is 2.46. The Hall–Kier alpha value is -1.44. The average molecular weight is 327 g/mol. The van der Waals surface area contributed by atoms with Crippen molar-refractivity contribution in [2.75, 3.05) is 27.2 Å². The molecule has 1 unspecified atom stereocenters. The number of benzene rings is 1. The number of amides is 1. The molecule has 0 heterocycles. The summed E-state index contributed by atoms with van der Waals surface area (Å²) in [5, 5.41) is 2.77. The number of hydrogen-bond donors (Lipinski definition) is 2. The first-order chi connectivity index (χ1) is 10.3. The maximum Gasteiger partial charge on any atom is 0.251 e. The summed E-state index contributed by atoms with van der Waals surface area (Å²) in [6.45, 7) is 4.93. The molecule has 22 heavy (non-hydrogen) atoms. The highest BCUT2D eigenvalue weighted by molar-refractivity contribution is 7.89. The van der Waals surface area contributed by atoms with Crippen LogP contribution in [0.25, 0.3) is 0 Å². The molecule has 6 nitrogen and oxygen atoms in total. The maximum absolute atomic E-state index is 12.2. The van der Waals surface area contributed by atoms with Crippen LogP contribution in [0.5, 0.6) is 0 Å². The monoisotopic (exact) mass is 327 g/mol. The molecule has 0 spiro atoms. The van der Waals surface area contributed by atoms with Crippen molar-refractivity contribution in [3.8, 4) is 0 Å². The lowest BCUT2D eigenvalue weighted by molar-refractivity contribution is 0.0951. The van der Waals surface area contributed by atoms with E-state index in [1.165, 1.54) is 12.1 Å². The van der Waals surface area contributed by atoms with Gasteiger partial charge in [0.2, 0.25) is 10.0 Å². The van der Waals surface area contributed by atoms with Gasteiger partial charge in [0.05, 0.1) is 4.90 Å². The van der Waals surface area contributed by atoms with E-state index < -0.39 is 10.0 Å². The van der Waals surface area contributed by atoms with Crippen LogP contribution < -0.4 is 10.0 Å². The third-order valence-electron chi connectivity index (χ3n) is 3.22. The van der Waals surface area contributed by atoms with Crippen LogP contribution in [-0.2, 0) is 10.0 Å². The molecule has 1 aromatic rings. The second-order valence-corrected chi connectivity index (χ2v) is 7.23. The molecule has 0 saturated carbocycles. The molecule has 2 N–H and O–H groups in total. The Balaban J connectivity index is 2.83. The van der Waals surface area contributed by atoms with Crippen LogP contribution in [0.4, 0.5) is 0 Å². The highest BCUT2D eigenvalue weighted by Gasteiger charge is 2.18. The highest BCUT2D eigenvalue weighted by Crippen LogP contribution is 2.12. The third-order valence-corrected chi connectivity index (χ3v) is 4.81. The summed E-state index contributed by atoms with van der Waals surface area (Å²) < 4.78 is 27.0. The minimum atomic E-state index is -3.60. The van der Waals surface area contributed by atoms with E-state index in [4.69, 9.17) is 0 Å². The van der Waals surface area contributed by atoms with Crippen molar-refractivity contribution in [2.24, 2.45) is 0 Å². The molecule has 0 aliphatic heterocycles. The molecule has 0 aliphatic rings. The van der Waals surface area contributed by atoms with E-state index >= 15 is 0 Å². The van der Waals surface area contributed by atoms with Gasteiger partial charge in [-0.1, -0.05) is 13.0 Å². The normalized spacial score (nSPS) is 13.1.